The topological polar surface area (TPSA) is 94.7 Å². The van der Waals surface area contributed by atoms with Gasteiger partial charge in [-0.15, -0.1) is 0 Å². The monoisotopic (exact) mass is 391 g/mol. The van der Waals surface area contributed by atoms with Crippen LogP contribution in [-0.4, -0.2) is 35.4 Å². The number of hydrogen-bond acceptors (Lipinski definition) is 8. The molecule has 3 heterocycles. The smallest absolute Gasteiger partial charge is 0.228 e. The van der Waals surface area contributed by atoms with Gasteiger partial charge in [-0.1, -0.05) is 11.6 Å². The van der Waals surface area contributed by atoms with Gasteiger partial charge in [0.1, 0.15) is 6.61 Å². The van der Waals surface area contributed by atoms with Gasteiger partial charge in [0, 0.05) is 6.20 Å². The maximum Gasteiger partial charge on any atom is 0.228 e. The van der Waals surface area contributed by atoms with Crippen LogP contribution in [0, 0.1) is 0 Å². The number of hydrogen-bond donors (Lipinski definition) is 2. The Morgan fingerprint density at radius 3 is 3.00 bits per heavy atom. The molecule has 1 aliphatic rings. The summed E-state index contributed by atoms with van der Waals surface area (Å²) < 4.78 is 14.2. The zero-order valence-corrected chi connectivity index (χ0v) is 15.8. The fraction of sp³-hybridized carbons (Fsp3) is 0.235. The van der Waals surface area contributed by atoms with E-state index in [4.69, 9.17) is 26.8 Å². The molecular formula is C17H18ClN5O2S. The van der Waals surface area contributed by atoms with Crippen LogP contribution in [0.1, 0.15) is 12.5 Å². The van der Waals surface area contributed by atoms with Crippen molar-refractivity contribution < 1.29 is 9.47 Å². The Kier molecular flexibility index (Phi) is 5.85. The number of pyridine rings is 2. The third kappa shape index (κ3) is 4.20. The molecule has 1 atom stereocenters. The quantitative estimate of drug-likeness (QED) is 0.755. The number of nitrogens with zero attached hydrogens (tertiary/aromatic N) is 3. The molecule has 26 heavy (non-hydrogen) atoms. The first-order valence-corrected chi connectivity index (χ1v) is 9.02. The summed E-state index contributed by atoms with van der Waals surface area (Å²) in [6.45, 7) is 2.44. The second-order valence-corrected chi connectivity index (χ2v) is 6.76. The van der Waals surface area contributed by atoms with Crippen molar-refractivity contribution in [2.45, 2.75) is 17.9 Å². The van der Waals surface area contributed by atoms with E-state index in [0.29, 0.717) is 23.4 Å². The highest BCUT2D eigenvalue weighted by Gasteiger charge is 2.18. The van der Waals surface area contributed by atoms with Crippen molar-refractivity contribution in [3.63, 3.8) is 0 Å². The van der Waals surface area contributed by atoms with Gasteiger partial charge in [-0.25, -0.2) is 9.97 Å². The van der Waals surface area contributed by atoms with E-state index in [0.717, 1.165) is 21.9 Å². The third-order valence-corrected chi connectivity index (χ3v) is 4.52. The lowest BCUT2D eigenvalue weighted by atomic mass is 10.1. The van der Waals surface area contributed by atoms with Crippen LogP contribution < -0.4 is 19.9 Å². The molecule has 0 fully saturated rings. The lowest BCUT2D eigenvalue weighted by molar-refractivity contribution is 0.289. The average Bonchev–Trinajstić information content (AvgIpc) is 2.79. The summed E-state index contributed by atoms with van der Waals surface area (Å²) in [6.07, 6.45) is 6.43. The number of ether oxygens (including phenoxy) is 2. The summed E-state index contributed by atoms with van der Waals surface area (Å²) in [5.41, 5.74) is 7.83. The number of allylic oxidation sites excluding steroid dienone is 1. The van der Waals surface area contributed by atoms with Crippen molar-refractivity contribution >= 4 is 34.9 Å². The van der Waals surface area contributed by atoms with E-state index < -0.39 is 0 Å². The van der Waals surface area contributed by atoms with E-state index >= 15 is 0 Å². The van der Waals surface area contributed by atoms with E-state index in [9.17, 15) is 0 Å². The minimum absolute atomic E-state index is 0.0166. The van der Waals surface area contributed by atoms with Gasteiger partial charge in [-0.2, -0.15) is 0 Å². The minimum atomic E-state index is 0.0166. The predicted molar refractivity (Wildman–Crippen MR) is 104 cm³/mol. The maximum atomic E-state index is 6.01. The van der Waals surface area contributed by atoms with Gasteiger partial charge in [-0.05, 0) is 43.3 Å². The first kappa shape index (κ1) is 18.3. The van der Waals surface area contributed by atoms with E-state index in [1.807, 2.05) is 13.0 Å². The SMILES string of the molecule is COc1ncc(Cl)cc1SNc1cnc2c(c1)C(C=CN)=NC(C)CO2. The number of anilines is 1. The van der Waals surface area contributed by atoms with Gasteiger partial charge in [0.25, 0.3) is 0 Å². The molecule has 0 radical (unpaired) electrons. The van der Waals surface area contributed by atoms with Gasteiger partial charge < -0.3 is 19.9 Å². The van der Waals surface area contributed by atoms with Crippen molar-refractivity contribution in [3.8, 4) is 11.8 Å². The number of nitrogens with two attached hydrogens (primary N) is 1. The Hall–Kier alpha value is -2.45. The Bertz CT molecular complexity index is 859. The fourth-order valence-electron chi connectivity index (χ4n) is 2.32. The molecule has 1 unspecified atom stereocenters. The molecule has 1 aliphatic heterocycles. The number of rotatable bonds is 5. The average molecular weight is 392 g/mol. The molecule has 0 aromatic carbocycles. The van der Waals surface area contributed by atoms with Gasteiger partial charge in [0.15, 0.2) is 0 Å². The molecule has 2 aromatic rings. The Morgan fingerprint density at radius 2 is 2.23 bits per heavy atom. The van der Waals surface area contributed by atoms with Gasteiger partial charge in [-0.3, -0.25) is 4.99 Å². The predicted octanol–water partition coefficient (Wildman–Crippen LogP) is 3.30. The lowest BCUT2D eigenvalue weighted by Crippen LogP contribution is -2.10. The molecule has 0 aliphatic carbocycles. The Morgan fingerprint density at radius 1 is 1.38 bits per heavy atom. The number of methoxy groups -OCH3 is 1. The van der Waals surface area contributed by atoms with Crippen molar-refractivity contribution in [1.29, 1.82) is 0 Å². The molecule has 0 bridgehead atoms. The van der Waals surface area contributed by atoms with Crippen LogP contribution in [-0.2, 0) is 0 Å². The minimum Gasteiger partial charge on any atom is -0.480 e. The van der Waals surface area contributed by atoms with Crippen LogP contribution in [0.3, 0.4) is 0 Å². The highest BCUT2D eigenvalue weighted by Crippen LogP contribution is 2.32. The standard InChI is InChI=1S/C17H18ClN5O2S/c1-10-9-25-16-13(14(22-10)3-4-19)6-12(8-21-16)23-26-15-5-11(18)7-20-17(15)24-2/h3-8,10,23H,9,19H2,1-2H3. The first-order valence-electron chi connectivity index (χ1n) is 7.82. The second-order valence-electron chi connectivity index (χ2n) is 5.48. The molecule has 136 valence electrons. The number of nitrogens with one attached hydrogen (secondary N) is 1. The molecule has 7 nitrogen and oxygen atoms in total. The van der Waals surface area contributed by atoms with Crippen molar-refractivity contribution in [2.75, 3.05) is 18.4 Å². The van der Waals surface area contributed by atoms with Crippen molar-refractivity contribution in [1.82, 2.24) is 9.97 Å². The molecule has 3 N–H and O–H groups in total. The van der Waals surface area contributed by atoms with Crippen LogP contribution in [0.2, 0.25) is 5.02 Å². The molecule has 3 rings (SSSR count). The van der Waals surface area contributed by atoms with Gasteiger partial charge in [0.2, 0.25) is 11.8 Å². The summed E-state index contributed by atoms with van der Waals surface area (Å²) >= 11 is 7.34. The molecule has 2 aromatic heterocycles. The molecule has 0 saturated carbocycles. The van der Waals surface area contributed by atoms with E-state index in [2.05, 4.69) is 19.7 Å². The lowest BCUT2D eigenvalue weighted by Gasteiger charge is -2.11. The first-order chi connectivity index (χ1) is 12.6. The van der Waals surface area contributed by atoms with Crippen LogP contribution in [0.25, 0.3) is 0 Å². The molecule has 9 heteroatoms. The van der Waals surface area contributed by atoms with Crippen molar-refractivity contribution in [2.24, 2.45) is 10.7 Å². The van der Waals surface area contributed by atoms with Gasteiger partial charge in [0.05, 0.1) is 46.2 Å². The summed E-state index contributed by atoms with van der Waals surface area (Å²) in [6, 6.07) is 3.70. The molecule has 0 saturated heterocycles. The van der Waals surface area contributed by atoms with Crippen LogP contribution in [0.5, 0.6) is 11.8 Å². The van der Waals surface area contributed by atoms with Crippen LogP contribution >= 0.6 is 23.5 Å². The largest absolute Gasteiger partial charge is 0.480 e. The number of halogens is 1. The highest BCUT2D eigenvalue weighted by molar-refractivity contribution is 8.00. The molecule has 0 amide bonds. The number of fused-ring (bicyclic) bond motifs is 1. The summed E-state index contributed by atoms with van der Waals surface area (Å²) in [5, 5.41) is 0.528. The zero-order valence-electron chi connectivity index (χ0n) is 14.3. The Balaban J connectivity index is 1.86. The number of aliphatic imine (C=N–C) groups is 1. The van der Waals surface area contributed by atoms with Crippen molar-refractivity contribution in [3.05, 3.63) is 47.4 Å². The summed E-state index contributed by atoms with van der Waals surface area (Å²) in [4.78, 5) is 13.9. The third-order valence-electron chi connectivity index (χ3n) is 3.46. The van der Waals surface area contributed by atoms with E-state index in [1.165, 1.54) is 24.3 Å². The van der Waals surface area contributed by atoms with Crippen LogP contribution in [0.4, 0.5) is 5.69 Å². The fourth-order valence-corrected chi connectivity index (χ4v) is 3.29. The van der Waals surface area contributed by atoms with Gasteiger partial charge >= 0.3 is 0 Å². The summed E-state index contributed by atoms with van der Waals surface area (Å²) in [5.74, 6) is 1.02. The number of aromatic nitrogens is 2. The highest BCUT2D eigenvalue weighted by atomic mass is 35.5. The normalized spacial score (nSPS) is 16.4. The maximum absolute atomic E-state index is 6.01. The van der Waals surface area contributed by atoms with E-state index in [-0.39, 0.29) is 6.04 Å². The zero-order chi connectivity index (χ0) is 18.5. The second kappa shape index (κ2) is 8.29. The molecule has 0 spiro atoms. The Labute approximate surface area is 160 Å². The summed E-state index contributed by atoms with van der Waals surface area (Å²) in [7, 11) is 1.56. The van der Waals surface area contributed by atoms with E-state index in [1.54, 1.807) is 25.4 Å². The van der Waals surface area contributed by atoms with Crippen LogP contribution in [0.15, 0.2) is 46.7 Å². The molecular weight excluding hydrogens is 374 g/mol.